The minimum absolute atomic E-state index is 0.0832. The Balaban J connectivity index is 2.14. The van der Waals surface area contributed by atoms with E-state index in [1.165, 1.54) is 57.6 Å². The second kappa shape index (κ2) is 14.8. The number of esters is 1. The van der Waals surface area contributed by atoms with Gasteiger partial charge in [0.05, 0.1) is 13.2 Å². The number of nitrogens with one attached hydrogen (secondary N) is 1. The molecule has 1 unspecified atom stereocenters. The van der Waals surface area contributed by atoms with Crippen LogP contribution in [-0.2, 0) is 4.74 Å². The van der Waals surface area contributed by atoms with E-state index in [9.17, 15) is 9.90 Å². The van der Waals surface area contributed by atoms with Gasteiger partial charge in [0, 0.05) is 6.20 Å². The second-order valence-corrected chi connectivity index (χ2v) is 7.19. The molecule has 0 aromatic carbocycles. The lowest BCUT2D eigenvalue weighted by Gasteiger charge is -2.08. The molecule has 1 atom stereocenters. The van der Waals surface area contributed by atoms with E-state index >= 15 is 0 Å². The van der Waals surface area contributed by atoms with Gasteiger partial charge in [-0.1, -0.05) is 76.3 Å². The quantitative estimate of drug-likeness (QED) is 0.279. The lowest BCUT2D eigenvalue weighted by atomic mass is 10.1. The number of aliphatic hydroxyl groups excluding tert-OH is 2. The number of hydrogen-bond donors (Lipinski definition) is 3. The highest BCUT2D eigenvalue weighted by Gasteiger charge is 2.19. The molecule has 0 saturated carbocycles. The van der Waals surface area contributed by atoms with E-state index in [1.54, 1.807) is 0 Å². The van der Waals surface area contributed by atoms with Crippen molar-refractivity contribution >= 4 is 17.6 Å². The number of carbonyl (C=O) groups is 1. The van der Waals surface area contributed by atoms with Gasteiger partial charge in [-0.3, -0.25) is 0 Å². The third-order valence-corrected chi connectivity index (χ3v) is 4.74. The number of aliphatic hydroxyl groups is 2. The molecule has 0 spiro atoms. The van der Waals surface area contributed by atoms with Crippen molar-refractivity contribution in [3.05, 3.63) is 16.9 Å². The molecule has 6 nitrogen and oxygen atoms in total. The monoisotopic (exact) mass is 403 g/mol. The SMILES string of the molecule is CCCCCCCCCCCCOc1c[nH]c(C(=O)OCC(O)CO)c1Cl. The highest BCUT2D eigenvalue weighted by molar-refractivity contribution is 6.34. The van der Waals surface area contributed by atoms with Crippen molar-refractivity contribution in [1.29, 1.82) is 0 Å². The summed E-state index contributed by atoms with van der Waals surface area (Å²) in [6.45, 7) is 2.02. The van der Waals surface area contributed by atoms with Crippen molar-refractivity contribution < 1.29 is 24.5 Å². The van der Waals surface area contributed by atoms with Gasteiger partial charge in [-0.05, 0) is 6.42 Å². The Kier molecular flexibility index (Phi) is 13.0. The van der Waals surface area contributed by atoms with Crippen LogP contribution in [0.4, 0.5) is 0 Å². The van der Waals surface area contributed by atoms with Gasteiger partial charge in [-0.25, -0.2) is 4.79 Å². The Labute approximate surface area is 167 Å². The standard InChI is InChI=1S/C20H34ClNO5/c1-2-3-4-5-6-7-8-9-10-11-12-26-17-13-22-19(18(17)21)20(25)27-15-16(24)14-23/h13,16,22-24H,2-12,14-15H2,1H3. The molecule has 0 saturated heterocycles. The minimum Gasteiger partial charge on any atom is -0.490 e. The summed E-state index contributed by atoms with van der Waals surface area (Å²) < 4.78 is 10.5. The zero-order valence-corrected chi connectivity index (χ0v) is 17.1. The molecule has 0 fully saturated rings. The number of rotatable bonds is 16. The summed E-state index contributed by atoms with van der Waals surface area (Å²) in [5.74, 6) is -0.275. The molecule has 1 aromatic heterocycles. The third kappa shape index (κ3) is 10.0. The largest absolute Gasteiger partial charge is 0.490 e. The lowest BCUT2D eigenvalue weighted by molar-refractivity contribution is 0.00894. The first-order valence-corrected chi connectivity index (χ1v) is 10.4. The highest BCUT2D eigenvalue weighted by atomic mass is 35.5. The topological polar surface area (TPSA) is 91.8 Å². The van der Waals surface area contributed by atoms with Crippen LogP contribution in [0.1, 0.15) is 81.6 Å². The number of carbonyl (C=O) groups excluding carboxylic acids is 1. The molecule has 3 N–H and O–H groups in total. The molecule has 1 aromatic rings. The first-order valence-electron chi connectivity index (χ1n) is 10.1. The van der Waals surface area contributed by atoms with E-state index in [0.29, 0.717) is 12.4 Å². The molecule has 0 aliphatic carbocycles. The van der Waals surface area contributed by atoms with E-state index < -0.39 is 18.7 Å². The number of hydrogen-bond acceptors (Lipinski definition) is 5. The van der Waals surface area contributed by atoms with Gasteiger partial charge in [-0.15, -0.1) is 0 Å². The van der Waals surface area contributed by atoms with Gasteiger partial charge in [0.2, 0.25) is 0 Å². The van der Waals surface area contributed by atoms with Crippen molar-refractivity contribution in [2.24, 2.45) is 0 Å². The number of H-pyrrole nitrogens is 1. The zero-order valence-electron chi connectivity index (χ0n) is 16.3. The summed E-state index contributed by atoms with van der Waals surface area (Å²) >= 11 is 6.13. The van der Waals surface area contributed by atoms with Crippen LogP contribution in [0, 0.1) is 0 Å². The van der Waals surface area contributed by atoms with Crippen LogP contribution in [0.3, 0.4) is 0 Å². The fourth-order valence-corrected chi connectivity index (χ4v) is 2.95. The molecule has 27 heavy (non-hydrogen) atoms. The summed E-state index contributed by atoms with van der Waals surface area (Å²) in [6.07, 6.45) is 13.0. The smallest absolute Gasteiger partial charge is 0.356 e. The number of halogens is 1. The average Bonchev–Trinajstić information content (AvgIpc) is 3.04. The Bertz CT molecular complexity index is 520. The Morgan fingerprint density at radius 3 is 2.30 bits per heavy atom. The van der Waals surface area contributed by atoms with E-state index in [-0.39, 0.29) is 17.3 Å². The predicted molar refractivity (Wildman–Crippen MR) is 107 cm³/mol. The van der Waals surface area contributed by atoms with Crippen LogP contribution in [0.15, 0.2) is 6.20 Å². The van der Waals surface area contributed by atoms with Crippen LogP contribution >= 0.6 is 11.6 Å². The molecule has 0 bridgehead atoms. The van der Waals surface area contributed by atoms with Gasteiger partial charge < -0.3 is 24.7 Å². The molecule has 156 valence electrons. The van der Waals surface area contributed by atoms with E-state index in [4.69, 9.17) is 26.2 Å². The molecule has 0 amide bonds. The molecular weight excluding hydrogens is 370 g/mol. The van der Waals surface area contributed by atoms with E-state index in [0.717, 1.165) is 12.8 Å². The van der Waals surface area contributed by atoms with Gasteiger partial charge in [-0.2, -0.15) is 0 Å². The normalized spacial score (nSPS) is 12.1. The molecular formula is C20H34ClNO5. The maximum Gasteiger partial charge on any atom is 0.356 e. The summed E-state index contributed by atoms with van der Waals surface area (Å²) in [5, 5.41) is 18.1. The predicted octanol–water partition coefficient (Wildman–Crippen LogP) is 4.48. The molecule has 0 aliphatic rings. The first kappa shape index (κ1) is 23.8. The maximum absolute atomic E-state index is 11.9. The Morgan fingerprint density at radius 1 is 1.11 bits per heavy atom. The van der Waals surface area contributed by atoms with Gasteiger partial charge in [0.1, 0.15) is 23.4 Å². The van der Waals surface area contributed by atoms with Crippen LogP contribution in [0.2, 0.25) is 5.02 Å². The summed E-state index contributed by atoms with van der Waals surface area (Å²) in [5.41, 5.74) is 0.0832. The van der Waals surface area contributed by atoms with Crippen molar-refractivity contribution in [2.75, 3.05) is 19.8 Å². The zero-order chi connectivity index (χ0) is 19.9. The van der Waals surface area contributed by atoms with E-state index in [1.807, 2.05) is 0 Å². The Morgan fingerprint density at radius 2 is 1.70 bits per heavy atom. The van der Waals surface area contributed by atoms with Crippen molar-refractivity contribution in [3.63, 3.8) is 0 Å². The third-order valence-electron chi connectivity index (χ3n) is 4.36. The number of aromatic amines is 1. The van der Waals surface area contributed by atoms with Gasteiger partial charge >= 0.3 is 5.97 Å². The van der Waals surface area contributed by atoms with Gasteiger partial charge in [0.25, 0.3) is 0 Å². The average molecular weight is 404 g/mol. The number of ether oxygens (including phenoxy) is 2. The lowest BCUT2D eigenvalue weighted by Crippen LogP contribution is -2.22. The summed E-state index contributed by atoms with van der Waals surface area (Å²) in [4.78, 5) is 14.6. The fourth-order valence-electron chi connectivity index (χ4n) is 2.71. The van der Waals surface area contributed by atoms with E-state index in [2.05, 4.69) is 11.9 Å². The molecule has 1 heterocycles. The number of aromatic nitrogens is 1. The Hall–Kier alpha value is -1.24. The minimum atomic E-state index is -1.10. The van der Waals surface area contributed by atoms with Gasteiger partial charge in [0.15, 0.2) is 5.75 Å². The highest BCUT2D eigenvalue weighted by Crippen LogP contribution is 2.28. The molecule has 0 radical (unpaired) electrons. The molecule has 1 rings (SSSR count). The first-order chi connectivity index (χ1) is 13.1. The second-order valence-electron chi connectivity index (χ2n) is 6.81. The van der Waals surface area contributed by atoms with Crippen LogP contribution in [0.5, 0.6) is 5.75 Å². The van der Waals surface area contributed by atoms with Crippen LogP contribution < -0.4 is 4.74 Å². The molecule has 0 aliphatic heterocycles. The fraction of sp³-hybridized carbons (Fsp3) is 0.750. The number of unbranched alkanes of at least 4 members (excludes halogenated alkanes) is 9. The van der Waals surface area contributed by atoms with Crippen molar-refractivity contribution in [3.8, 4) is 5.75 Å². The van der Waals surface area contributed by atoms with Crippen LogP contribution in [0.25, 0.3) is 0 Å². The maximum atomic E-state index is 11.9. The van der Waals surface area contributed by atoms with Crippen molar-refractivity contribution in [2.45, 2.75) is 77.2 Å². The van der Waals surface area contributed by atoms with Crippen LogP contribution in [-0.4, -0.2) is 47.1 Å². The summed E-state index contributed by atoms with van der Waals surface area (Å²) in [7, 11) is 0. The van der Waals surface area contributed by atoms with Crippen molar-refractivity contribution in [1.82, 2.24) is 4.98 Å². The summed E-state index contributed by atoms with van der Waals surface area (Å²) in [6, 6.07) is 0. The molecule has 7 heteroatoms.